The number of hydrogen-bond acceptors (Lipinski definition) is 4. The average molecular weight is 277 g/mol. The molecule has 2 rings (SSSR count). The Labute approximate surface area is 118 Å². The number of aromatic nitrogens is 1. The van der Waals surface area contributed by atoms with E-state index in [4.69, 9.17) is 5.11 Å². The van der Waals surface area contributed by atoms with Crippen LogP contribution in [0.2, 0.25) is 0 Å². The molecule has 20 heavy (non-hydrogen) atoms. The van der Waals surface area contributed by atoms with Crippen molar-refractivity contribution in [2.24, 2.45) is 5.92 Å². The Morgan fingerprint density at radius 1 is 1.35 bits per heavy atom. The van der Waals surface area contributed by atoms with Gasteiger partial charge in [0, 0.05) is 45.1 Å². The molecular formula is C14H19N3O3. The Balaban J connectivity index is 1.83. The lowest BCUT2D eigenvalue weighted by Gasteiger charge is -2.35. The molecule has 6 heteroatoms. The van der Waals surface area contributed by atoms with Crippen molar-refractivity contribution in [1.82, 2.24) is 14.8 Å². The fraction of sp³-hybridized carbons (Fsp3) is 0.500. The zero-order chi connectivity index (χ0) is 14.5. The number of pyridine rings is 1. The van der Waals surface area contributed by atoms with Crippen LogP contribution in [0.5, 0.6) is 0 Å². The Hall–Kier alpha value is -1.95. The summed E-state index contributed by atoms with van der Waals surface area (Å²) in [5.74, 6) is -2.31. The van der Waals surface area contributed by atoms with Crippen LogP contribution in [-0.4, -0.2) is 57.9 Å². The lowest BCUT2D eigenvalue weighted by molar-refractivity contribution is -0.151. The Morgan fingerprint density at radius 2 is 2.05 bits per heavy atom. The molecule has 1 saturated heterocycles. The minimum atomic E-state index is -1.06. The second-order valence-corrected chi connectivity index (χ2v) is 5.02. The van der Waals surface area contributed by atoms with Gasteiger partial charge in [-0.25, -0.2) is 0 Å². The number of aliphatic carboxylic acids is 1. The molecule has 108 valence electrons. The molecule has 0 bridgehead atoms. The van der Waals surface area contributed by atoms with Crippen LogP contribution in [0.25, 0.3) is 0 Å². The highest BCUT2D eigenvalue weighted by atomic mass is 16.4. The standard InChI is InChI=1S/C14H19N3O3/c1-11(14(19)20)13(18)17-7-5-16(6-8-17)10-12-3-2-4-15-9-12/h2-4,9,11H,5-8,10H2,1H3,(H,19,20). The van der Waals surface area contributed by atoms with Crippen molar-refractivity contribution >= 4 is 11.9 Å². The van der Waals surface area contributed by atoms with E-state index >= 15 is 0 Å². The topological polar surface area (TPSA) is 73.7 Å². The molecule has 0 saturated carbocycles. The van der Waals surface area contributed by atoms with Crippen LogP contribution in [-0.2, 0) is 16.1 Å². The van der Waals surface area contributed by atoms with Crippen LogP contribution in [0.4, 0.5) is 0 Å². The van der Waals surface area contributed by atoms with Gasteiger partial charge < -0.3 is 10.0 Å². The number of carboxylic acids is 1. The van der Waals surface area contributed by atoms with E-state index in [0.717, 1.165) is 25.2 Å². The monoisotopic (exact) mass is 277 g/mol. The van der Waals surface area contributed by atoms with E-state index in [1.165, 1.54) is 6.92 Å². The van der Waals surface area contributed by atoms with Gasteiger partial charge >= 0.3 is 5.97 Å². The zero-order valence-corrected chi connectivity index (χ0v) is 11.5. The summed E-state index contributed by atoms with van der Waals surface area (Å²) in [5, 5.41) is 8.87. The number of carbonyl (C=O) groups is 2. The summed E-state index contributed by atoms with van der Waals surface area (Å²) in [6, 6.07) is 3.93. The maximum Gasteiger partial charge on any atom is 0.315 e. The molecule has 1 aromatic heterocycles. The maximum absolute atomic E-state index is 11.9. The van der Waals surface area contributed by atoms with Gasteiger partial charge in [-0.3, -0.25) is 19.5 Å². The molecule has 0 aromatic carbocycles. The van der Waals surface area contributed by atoms with Gasteiger partial charge in [-0.15, -0.1) is 0 Å². The fourth-order valence-corrected chi connectivity index (χ4v) is 2.26. The van der Waals surface area contributed by atoms with Gasteiger partial charge in [-0.05, 0) is 18.6 Å². The first-order chi connectivity index (χ1) is 9.58. The fourth-order valence-electron chi connectivity index (χ4n) is 2.26. The highest BCUT2D eigenvalue weighted by molar-refractivity contribution is 5.96. The summed E-state index contributed by atoms with van der Waals surface area (Å²) >= 11 is 0. The summed E-state index contributed by atoms with van der Waals surface area (Å²) in [6.45, 7) is 4.92. The van der Waals surface area contributed by atoms with Crippen molar-refractivity contribution in [3.63, 3.8) is 0 Å². The third-order valence-corrected chi connectivity index (χ3v) is 3.55. The zero-order valence-electron chi connectivity index (χ0n) is 11.5. The quantitative estimate of drug-likeness (QED) is 0.809. The minimum absolute atomic E-state index is 0.293. The number of hydrogen-bond donors (Lipinski definition) is 1. The first-order valence-corrected chi connectivity index (χ1v) is 6.71. The van der Waals surface area contributed by atoms with E-state index in [2.05, 4.69) is 9.88 Å². The van der Waals surface area contributed by atoms with Gasteiger partial charge in [0.15, 0.2) is 0 Å². The molecule has 1 unspecified atom stereocenters. The van der Waals surface area contributed by atoms with Crippen LogP contribution >= 0.6 is 0 Å². The Morgan fingerprint density at radius 3 is 2.60 bits per heavy atom. The summed E-state index contributed by atoms with van der Waals surface area (Å²) in [7, 11) is 0. The van der Waals surface area contributed by atoms with Gasteiger partial charge in [0.2, 0.25) is 5.91 Å². The van der Waals surface area contributed by atoms with Crippen molar-refractivity contribution < 1.29 is 14.7 Å². The van der Waals surface area contributed by atoms with Gasteiger partial charge in [0.25, 0.3) is 0 Å². The van der Waals surface area contributed by atoms with E-state index in [-0.39, 0.29) is 5.91 Å². The maximum atomic E-state index is 11.9. The smallest absolute Gasteiger partial charge is 0.315 e. The molecule has 1 N–H and O–H groups in total. The predicted octanol–water partition coefficient (Wildman–Crippen LogP) is 0.446. The van der Waals surface area contributed by atoms with Gasteiger partial charge in [0.1, 0.15) is 5.92 Å². The molecule has 0 aliphatic carbocycles. The van der Waals surface area contributed by atoms with Crippen LogP contribution < -0.4 is 0 Å². The van der Waals surface area contributed by atoms with Crippen molar-refractivity contribution in [3.8, 4) is 0 Å². The third kappa shape index (κ3) is 3.54. The van der Waals surface area contributed by atoms with E-state index in [1.807, 2.05) is 18.3 Å². The molecule has 0 radical (unpaired) electrons. The molecule has 1 amide bonds. The Bertz CT molecular complexity index is 470. The minimum Gasteiger partial charge on any atom is -0.481 e. The second kappa shape index (κ2) is 6.47. The van der Waals surface area contributed by atoms with E-state index in [1.54, 1.807) is 11.1 Å². The first-order valence-electron chi connectivity index (χ1n) is 6.71. The van der Waals surface area contributed by atoms with E-state index in [0.29, 0.717) is 13.1 Å². The van der Waals surface area contributed by atoms with Crippen LogP contribution in [0, 0.1) is 5.92 Å². The molecule has 1 aliphatic rings. The third-order valence-electron chi connectivity index (χ3n) is 3.55. The van der Waals surface area contributed by atoms with E-state index < -0.39 is 11.9 Å². The normalized spacial score (nSPS) is 17.8. The highest BCUT2D eigenvalue weighted by Gasteiger charge is 2.28. The van der Waals surface area contributed by atoms with Crippen LogP contribution in [0.15, 0.2) is 24.5 Å². The predicted molar refractivity (Wildman–Crippen MR) is 72.9 cm³/mol. The van der Waals surface area contributed by atoms with Crippen molar-refractivity contribution in [1.29, 1.82) is 0 Å². The van der Waals surface area contributed by atoms with Gasteiger partial charge in [-0.1, -0.05) is 6.07 Å². The number of nitrogens with zero attached hydrogens (tertiary/aromatic N) is 3. The summed E-state index contributed by atoms with van der Waals surface area (Å²) in [5.41, 5.74) is 1.14. The molecule has 1 aliphatic heterocycles. The van der Waals surface area contributed by atoms with Gasteiger partial charge in [0.05, 0.1) is 0 Å². The van der Waals surface area contributed by atoms with Crippen molar-refractivity contribution in [3.05, 3.63) is 30.1 Å². The van der Waals surface area contributed by atoms with Crippen LogP contribution in [0.1, 0.15) is 12.5 Å². The highest BCUT2D eigenvalue weighted by Crippen LogP contribution is 2.10. The second-order valence-electron chi connectivity index (χ2n) is 5.02. The largest absolute Gasteiger partial charge is 0.481 e. The number of amides is 1. The lowest BCUT2D eigenvalue weighted by atomic mass is 10.1. The van der Waals surface area contributed by atoms with E-state index in [9.17, 15) is 9.59 Å². The first kappa shape index (κ1) is 14.5. The van der Waals surface area contributed by atoms with Gasteiger partial charge in [-0.2, -0.15) is 0 Å². The van der Waals surface area contributed by atoms with Crippen molar-refractivity contribution in [2.45, 2.75) is 13.5 Å². The molecule has 1 aromatic rings. The van der Waals surface area contributed by atoms with Crippen molar-refractivity contribution in [2.75, 3.05) is 26.2 Å². The molecular weight excluding hydrogens is 258 g/mol. The number of piperazine rings is 1. The number of carbonyl (C=O) groups excluding carboxylic acids is 1. The molecule has 6 nitrogen and oxygen atoms in total. The SMILES string of the molecule is CC(C(=O)O)C(=O)N1CCN(Cc2cccnc2)CC1. The number of carboxylic acid groups (broad SMARTS) is 1. The molecule has 2 heterocycles. The summed E-state index contributed by atoms with van der Waals surface area (Å²) in [6.07, 6.45) is 3.58. The van der Waals surface area contributed by atoms with Crippen LogP contribution in [0.3, 0.4) is 0 Å². The summed E-state index contributed by atoms with van der Waals surface area (Å²) in [4.78, 5) is 30.7. The summed E-state index contributed by atoms with van der Waals surface area (Å²) < 4.78 is 0. The number of rotatable bonds is 4. The Kier molecular flexibility index (Phi) is 4.68. The average Bonchev–Trinajstić information content (AvgIpc) is 2.47. The lowest BCUT2D eigenvalue weighted by Crippen LogP contribution is -2.50. The molecule has 1 atom stereocenters. The molecule has 0 spiro atoms. The molecule has 1 fully saturated rings.